The number of aromatic carboxylic acids is 1. The highest BCUT2D eigenvalue weighted by atomic mass is 16.4. The molecule has 0 aliphatic carbocycles. The number of rotatable bonds is 6. The molecule has 0 fully saturated rings. The van der Waals surface area contributed by atoms with Gasteiger partial charge in [0.1, 0.15) is 0 Å². The summed E-state index contributed by atoms with van der Waals surface area (Å²) >= 11 is 0. The quantitative estimate of drug-likeness (QED) is 0.583. The van der Waals surface area contributed by atoms with E-state index in [-0.39, 0.29) is 31.0 Å². The highest BCUT2D eigenvalue weighted by Gasteiger charge is 2.06. The standard InChI is InChI=1S/C9H13N3O4/c13-4-2-10-8(14)1-3-12-6-7(5-11-12)9(15)16/h5-6,13H,1-4H2,(H,10,14)(H,15,16). The summed E-state index contributed by atoms with van der Waals surface area (Å²) in [7, 11) is 0. The van der Waals surface area contributed by atoms with Crippen molar-refractivity contribution in [3.05, 3.63) is 18.0 Å². The van der Waals surface area contributed by atoms with Crippen LogP contribution < -0.4 is 5.32 Å². The minimum Gasteiger partial charge on any atom is -0.478 e. The van der Waals surface area contributed by atoms with E-state index >= 15 is 0 Å². The fraction of sp³-hybridized carbons (Fsp3) is 0.444. The summed E-state index contributed by atoms with van der Waals surface area (Å²) in [5, 5.41) is 23.4. The van der Waals surface area contributed by atoms with E-state index in [1.165, 1.54) is 17.1 Å². The van der Waals surface area contributed by atoms with Crippen molar-refractivity contribution in [3.63, 3.8) is 0 Å². The van der Waals surface area contributed by atoms with Crippen LogP contribution in [0.2, 0.25) is 0 Å². The molecule has 0 bridgehead atoms. The molecule has 0 spiro atoms. The number of carboxylic acid groups (broad SMARTS) is 1. The molecule has 1 aromatic heterocycles. The van der Waals surface area contributed by atoms with E-state index in [1.54, 1.807) is 0 Å². The molecule has 1 aromatic rings. The number of hydrogen-bond donors (Lipinski definition) is 3. The first-order valence-electron chi connectivity index (χ1n) is 4.77. The molecule has 7 nitrogen and oxygen atoms in total. The molecular formula is C9H13N3O4. The highest BCUT2D eigenvalue weighted by Crippen LogP contribution is 1.98. The van der Waals surface area contributed by atoms with Gasteiger partial charge in [-0.1, -0.05) is 0 Å². The van der Waals surface area contributed by atoms with Crippen molar-refractivity contribution in [2.75, 3.05) is 13.2 Å². The lowest BCUT2D eigenvalue weighted by Crippen LogP contribution is -2.27. The molecule has 0 aliphatic rings. The Labute approximate surface area is 91.7 Å². The molecule has 1 amide bonds. The second-order valence-electron chi connectivity index (χ2n) is 3.12. The van der Waals surface area contributed by atoms with Gasteiger partial charge in [-0.05, 0) is 0 Å². The maximum Gasteiger partial charge on any atom is 0.338 e. The van der Waals surface area contributed by atoms with E-state index in [0.29, 0.717) is 6.54 Å². The third-order valence-electron chi connectivity index (χ3n) is 1.88. The Morgan fingerprint density at radius 1 is 1.50 bits per heavy atom. The number of nitrogens with one attached hydrogen (secondary N) is 1. The van der Waals surface area contributed by atoms with Crippen LogP contribution in [0.3, 0.4) is 0 Å². The van der Waals surface area contributed by atoms with Crippen LogP contribution in [0.1, 0.15) is 16.8 Å². The Morgan fingerprint density at radius 2 is 2.25 bits per heavy atom. The Hall–Kier alpha value is -1.89. The zero-order valence-electron chi connectivity index (χ0n) is 8.59. The van der Waals surface area contributed by atoms with Crippen LogP contribution in [0.25, 0.3) is 0 Å². The summed E-state index contributed by atoms with van der Waals surface area (Å²) in [6, 6.07) is 0. The normalized spacial score (nSPS) is 10.1. The number of aliphatic hydroxyl groups is 1. The van der Waals surface area contributed by atoms with Crippen molar-refractivity contribution in [3.8, 4) is 0 Å². The van der Waals surface area contributed by atoms with Gasteiger partial charge in [0.15, 0.2) is 0 Å². The van der Waals surface area contributed by atoms with Crippen molar-refractivity contribution in [2.24, 2.45) is 0 Å². The second kappa shape index (κ2) is 5.86. The van der Waals surface area contributed by atoms with E-state index in [9.17, 15) is 9.59 Å². The first kappa shape index (κ1) is 12.2. The van der Waals surface area contributed by atoms with Crippen molar-refractivity contribution < 1.29 is 19.8 Å². The summed E-state index contributed by atoms with van der Waals surface area (Å²) in [4.78, 5) is 21.7. The molecule has 1 heterocycles. The molecule has 0 saturated heterocycles. The van der Waals surface area contributed by atoms with Gasteiger partial charge >= 0.3 is 5.97 Å². The summed E-state index contributed by atoms with van der Waals surface area (Å²) in [5.41, 5.74) is 0.0933. The number of carbonyl (C=O) groups is 2. The number of hydrogen-bond acceptors (Lipinski definition) is 4. The number of carboxylic acids is 1. The van der Waals surface area contributed by atoms with Gasteiger partial charge in [0.05, 0.1) is 18.4 Å². The Balaban J connectivity index is 2.36. The Morgan fingerprint density at radius 3 is 2.81 bits per heavy atom. The summed E-state index contributed by atoms with van der Waals surface area (Å²) in [5.74, 6) is -1.25. The molecule has 0 radical (unpaired) electrons. The molecule has 3 N–H and O–H groups in total. The minimum atomic E-state index is -1.05. The van der Waals surface area contributed by atoms with Crippen LogP contribution in [-0.4, -0.2) is 45.0 Å². The first-order chi connectivity index (χ1) is 7.63. The van der Waals surface area contributed by atoms with Crippen molar-refractivity contribution in [2.45, 2.75) is 13.0 Å². The monoisotopic (exact) mass is 227 g/mol. The predicted molar refractivity (Wildman–Crippen MR) is 53.9 cm³/mol. The average Bonchev–Trinajstić information content (AvgIpc) is 2.72. The number of carbonyl (C=O) groups excluding carboxylic acids is 1. The molecule has 7 heteroatoms. The summed E-state index contributed by atoms with van der Waals surface area (Å²) < 4.78 is 1.39. The van der Waals surface area contributed by atoms with E-state index in [1.807, 2.05) is 0 Å². The lowest BCUT2D eigenvalue weighted by molar-refractivity contribution is -0.121. The van der Waals surface area contributed by atoms with Gasteiger partial charge in [0.2, 0.25) is 5.91 Å². The molecule has 16 heavy (non-hydrogen) atoms. The summed E-state index contributed by atoms with van der Waals surface area (Å²) in [6.45, 7) is 0.430. The number of aryl methyl sites for hydroxylation is 1. The van der Waals surface area contributed by atoms with Gasteiger partial charge in [0.25, 0.3) is 0 Å². The molecule has 0 saturated carbocycles. The van der Waals surface area contributed by atoms with Gasteiger partial charge in [-0.15, -0.1) is 0 Å². The van der Waals surface area contributed by atoms with Crippen LogP contribution >= 0.6 is 0 Å². The topological polar surface area (TPSA) is 104 Å². The third kappa shape index (κ3) is 3.70. The van der Waals surface area contributed by atoms with Crippen LogP contribution in [-0.2, 0) is 11.3 Å². The van der Waals surface area contributed by atoms with Crippen LogP contribution in [0.15, 0.2) is 12.4 Å². The second-order valence-corrected chi connectivity index (χ2v) is 3.12. The zero-order valence-corrected chi connectivity index (χ0v) is 8.59. The number of amides is 1. The van der Waals surface area contributed by atoms with Gasteiger partial charge < -0.3 is 15.5 Å². The van der Waals surface area contributed by atoms with E-state index in [4.69, 9.17) is 10.2 Å². The van der Waals surface area contributed by atoms with Crippen LogP contribution in [0, 0.1) is 0 Å². The third-order valence-corrected chi connectivity index (χ3v) is 1.88. The molecule has 0 aromatic carbocycles. The van der Waals surface area contributed by atoms with Gasteiger partial charge in [-0.3, -0.25) is 9.48 Å². The van der Waals surface area contributed by atoms with Crippen molar-refractivity contribution >= 4 is 11.9 Å². The number of aliphatic hydroxyl groups excluding tert-OH is 1. The fourth-order valence-electron chi connectivity index (χ4n) is 1.10. The highest BCUT2D eigenvalue weighted by molar-refractivity contribution is 5.86. The number of aromatic nitrogens is 2. The van der Waals surface area contributed by atoms with Gasteiger partial charge in [0, 0.05) is 25.7 Å². The van der Waals surface area contributed by atoms with Gasteiger partial charge in [-0.25, -0.2) is 4.79 Å². The number of nitrogens with zero attached hydrogens (tertiary/aromatic N) is 2. The SMILES string of the molecule is O=C(CCn1cc(C(=O)O)cn1)NCCO. The van der Waals surface area contributed by atoms with Crippen molar-refractivity contribution in [1.29, 1.82) is 0 Å². The lowest BCUT2D eigenvalue weighted by atomic mass is 10.3. The maximum absolute atomic E-state index is 11.1. The van der Waals surface area contributed by atoms with Gasteiger partial charge in [-0.2, -0.15) is 5.10 Å². The first-order valence-corrected chi connectivity index (χ1v) is 4.77. The Kier molecular flexibility index (Phi) is 4.46. The fourth-order valence-corrected chi connectivity index (χ4v) is 1.10. The summed E-state index contributed by atoms with van der Waals surface area (Å²) in [6.07, 6.45) is 2.79. The molecule has 88 valence electrons. The molecule has 0 aliphatic heterocycles. The Bertz CT molecular complexity index is 375. The van der Waals surface area contributed by atoms with E-state index < -0.39 is 5.97 Å². The lowest BCUT2D eigenvalue weighted by Gasteiger charge is -2.02. The smallest absolute Gasteiger partial charge is 0.338 e. The predicted octanol–water partition coefficient (Wildman–Crippen LogP) is -0.920. The minimum absolute atomic E-state index is 0.0933. The largest absolute Gasteiger partial charge is 0.478 e. The maximum atomic E-state index is 11.1. The average molecular weight is 227 g/mol. The van der Waals surface area contributed by atoms with Crippen LogP contribution in [0.4, 0.5) is 0 Å². The molecule has 0 unspecified atom stereocenters. The van der Waals surface area contributed by atoms with Crippen molar-refractivity contribution in [1.82, 2.24) is 15.1 Å². The molecule has 0 atom stereocenters. The van der Waals surface area contributed by atoms with E-state index in [0.717, 1.165) is 0 Å². The molecular weight excluding hydrogens is 214 g/mol. The molecule has 1 rings (SSSR count). The van der Waals surface area contributed by atoms with Crippen LogP contribution in [0.5, 0.6) is 0 Å². The zero-order chi connectivity index (χ0) is 12.0. The van der Waals surface area contributed by atoms with E-state index in [2.05, 4.69) is 10.4 Å².